The van der Waals surface area contributed by atoms with Crippen LogP contribution in [0.3, 0.4) is 0 Å². The number of carbonyl (C=O) groups excluding carboxylic acids is 1. The van der Waals surface area contributed by atoms with Crippen LogP contribution in [-0.4, -0.2) is 71.1 Å². The Labute approximate surface area is 234 Å². The minimum absolute atomic E-state index is 0.283. The number of nitrogens with zero attached hydrogens (tertiary/aromatic N) is 4. The number of H-pyrrole nitrogens is 1. The first-order valence-corrected chi connectivity index (χ1v) is 14.0. The molecule has 2 aromatic heterocycles. The van der Waals surface area contributed by atoms with Gasteiger partial charge in [0.05, 0.1) is 24.4 Å². The van der Waals surface area contributed by atoms with Crippen molar-refractivity contribution in [3.05, 3.63) is 40.8 Å². The number of anilines is 4. The Morgan fingerprint density at radius 3 is 2.52 bits per heavy atom. The highest BCUT2D eigenvalue weighted by Gasteiger charge is 2.26. The van der Waals surface area contributed by atoms with Crippen LogP contribution in [0, 0.1) is 0 Å². The molecule has 2 aliphatic rings. The summed E-state index contributed by atoms with van der Waals surface area (Å²) in [6.07, 6.45) is 7.26. The Bertz CT molecular complexity index is 1400. The van der Waals surface area contributed by atoms with Gasteiger partial charge in [0.25, 0.3) is 5.56 Å². The Hall–Kier alpha value is -4.02. The first-order chi connectivity index (χ1) is 19.2. The molecule has 0 radical (unpaired) electrons. The maximum atomic E-state index is 12.8. The summed E-state index contributed by atoms with van der Waals surface area (Å²) in [5, 5.41) is 14.6. The molecule has 0 atom stereocenters. The number of amides is 1. The Morgan fingerprint density at radius 1 is 1.07 bits per heavy atom. The highest BCUT2D eigenvalue weighted by atomic mass is 16.6. The van der Waals surface area contributed by atoms with E-state index in [0.717, 1.165) is 18.5 Å². The number of aromatic amines is 1. The quantitative estimate of drug-likeness (QED) is 0.395. The number of pyridine rings is 1. The van der Waals surface area contributed by atoms with Crippen molar-refractivity contribution in [2.24, 2.45) is 0 Å². The largest absolute Gasteiger partial charge is 0.494 e. The summed E-state index contributed by atoms with van der Waals surface area (Å²) in [4.78, 5) is 34.0. The van der Waals surface area contributed by atoms with Gasteiger partial charge in [-0.2, -0.15) is 5.10 Å². The zero-order valence-electron chi connectivity index (χ0n) is 23.7. The minimum atomic E-state index is -0.516. The summed E-state index contributed by atoms with van der Waals surface area (Å²) in [7, 11) is 1.62. The maximum absolute atomic E-state index is 12.8. The van der Waals surface area contributed by atoms with Crippen LogP contribution in [0.1, 0.15) is 52.9 Å². The minimum Gasteiger partial charge on any atom is -0.494 e. The van der Waals surface area contributed by atoms with Crippen LogP contribution >= 0.6 is 0 Å². The van der Waals surface area contributed by atoms with E-state index in [1.165, 1.54) is 19.3 Å². The van der Waals surface area contributed by atoms with Crippen LogP contribution < -0.4 is 25.8 Å². The van der Waals surface area contributed by atoms with Gasteiger partial charge in [0.1, 0.15) is 23.0 Å². The second-order valence-corrected chi connectivity index (χ2v) is 11.5. The summed E-state index contributed by atoms with van der Waals surface area (Å²) in [6.45, 7) is 8.13. The lowest BCUT2D eigenvalue weighted by Gasteiger charge is -2.37. The number of nitrogens with one attached hydrogen (secondary N) is 3. The lowest BCUT2D eigenvalue weighted by molar-refractivity contribution is 0.0240. The smallest absolute Gasteiger partial charge is 0.410 e. The van der Waals surface area contributed by atoms with Crippen molar-refractivity contribution in [3.63, 3.8) is 0 Å². The summed E-state index contributed by atoms with van der Waals surface area (Å²) >= 11 is 0. The third kappa shape index (κ3) is 6.40. The molecule has 3 heterocycles. The van der Waals surface area contributed by atoms with E-state index >= 15 is 0 Å². The van der Waals surface area contributed by atoms with Gasteiger partial charge in [0, 0.05) is 49.4 Å². The number of ether oxygens (including phenoxy) is 2. The van der Waals surface area contributed by atoms with Crippen molar-refractivity contribution in [2.45, 2.75) is 64.5 Å². The molecule has 3 N–H and O–H groups in total. The van der Waals surface area contributed by atoms with Crippen LogP contribution in [-0.2, 0) is 4.74 Å². The topological polar surface area (TPSA) is 125 Å². The van der Waals surface area contributed by atoms with Crippen molar-refractivity contribution < 1.29 is 14.3 Å². The molecule has 1 aromatic carbocycles. The van der Waals surface area contributed by atoms with Crippen LogP contribution in [0.5, 0.6) is 5.75 Å². The Kier molecular flexibility index (Phi) is 7.99. The standard InChI is InChI=1S/C29H39N7O4/c1-29(2,3)40-28(38)36-14-12-35(13-15-36)21-10-11-22(23(17-21)39-4)32-26-25-19(18-30-34-27(25)37)16-24(33-26)31-20-8-6-5-7-9-20/h10-11,16-18,20H,5-9,12-15H2,1-4H3,(H,34,37)(H2,31,32,33). The average Bonchev–Trinajstić information content (AvgIpc) is 2.93. The average molecular weight is 550 g/mol. The van der Waals surface area contributed by atoms with Crippen molar-refractivity contribution in [1.82, 2.24) is 20.1 Å². The number of aromatic nitrogens is 3. The number of hydrogen-bond donors (Lipinski definition) is 3. The van der Waals surface area contributed by atoms with Crippen molar-refractivity contribution in [1.29, 1.82) is 0 Å². The molecule has 3 aromatic rings. The molecule has 11 nitrogen and oxygen atoms in total. The van der Waals surface area contributed by atoms with E-state index in [-0.39, 0.29) is 11.7 Å². The summed E-state index contributed by atoms with van der Waals surface area (Å²) in [5.74, 6) is 1.78. The van der Waals surface area contributed by atoms with E-state index in [0.29, 0.717) is 66.1 Å². The summed E-state index contributed by atoms with van der Waals surface area (Å²) < 4.78 is 11.3. The van der Waals surface area contributed by atoms with Crippen LogP contribution in [0.25, 0.3) is 10.8 Å². The molecule has 1 aliphatic heterocycles. The molecule has 1 saturated carbocycles. The molecular formula is C29H39N7O4. The second-order valence-electron chi connectivity index (χ2n) is 11.5. The third-order valence-corrected chi connectivity index (χ3v) is 7.34. The molecular weight excluding hydrogens is 510 g/mol. The van der Waals surface area contributed by atoms with Gasteiger partial charge in [-0.3, -0.25) is 4.79 Å². The SMILES string of the molecule is COc1cc(N2CCN(C(=O)OC(C)(C)C)CC2)ccc1Nc1nc(NC2CCCCC2)cc2cn[nH]c(=O)c12. The lowest BCUT2D eigenvalue weighted by Crippen LogP contribution is -2.50. The fourth-order valence-electron chi connectivity index (χ4n) is 5.32. The van der Waals surface area contributed by atoms with Crippen molar-refractivity contribution in [3.8, 4) is 5.75 Å². The van der Waals surface area contributed by atoms with Gasteiger partial charge < -0.3 is 29.9 Å². The van der Waals surface area contributed by atoms with E-state index < -0.39 is 5.60 Å². The Morgan fingerprint density at radius 2 is 1.82 bits per heavy atom. The van der Waals surface area contributed by atoms with Crippen molar-refractivity contribution in [2.75, 3.05) is 48.8 Å². The first-order valence-electron chi connectivity index (χ1n) is 14.0. The van der Waals surface area contributed by atoms with Crippen LogP contribution in [0.4, 0.5) is 27.8 Å². The van der Waals surface area contributed by atoms with Crippen LogP contribution in [0.2, 0.25) is 0 Å². The number of fused-ring (bicyclic) bond motifs is 1. The number of methoxy groups -OCH3 is 1. The summed E-state index contributed by atoms with van der Waals surface area (Å²) in [5.41, 5.74) is 0.852. The number of carbonyl (C=O) groups is 1. The highest BCUT2D eigenvalue weighted by molar-refractivity contribution is 5.94. The summed E-state index contributed by atoms with van der Waals surface area (Å²) in [6, 6.07) is 8.15. The van der Waals surface area contributed by atoms with E-state index in [4.69, 9.17) is 14.5 Å². The van der Waals surface area contributed by atoms with Gasteiger partial charge in [0.15, 0.2) is 0 Å². The number of hydrogen-bond acceptors (Lipinski definition) is 9. The van der Waals surface area contributed by atoms with Gasteiger partial charge in [-0.25, -0.2) is 14.9 Å². The van der Waals surface area contributed by atoms with E-state index in [2.05, 4.69) is 25.7 Å². The molecule has 0 bridgehead atoms. The molecule has 2 fully saturated rings. The first kappa shape index (κ1) is 27.5. The number of benzene rings is 1. The molecule has 0 spiro atoms. The van der Waals surface area contributed by atoms with Gasteiger partial charge in [-0.15, -0.1) is 0 Å². The molecule has 40 heavy (non-hydrogen) atoms. The maximum Gasteiger partial charge on any atom is 0.410 e. The molecule has 1 amide bonds. The zero-order chi connectivity index (χ0) is 28.3. The Balaban J connectivity index is 1.35. The molecule has 1 saturated heterocycles. The van der Waals surface area contributed by atoms with Gasteiger partial charge in [-0.1, -0.05) is 19.3 Å². The predicted octanol–water partition coefficient (Wildman–Crippen LogP) is 4.87. The van der Waals surface area contributed by atoms with E-state index in [1.807, 2.05) is 45.0 Å². The zero-order valence-corrected chi connectivity index (χ0v) is 23.7. The predicted molar refractivity (Wildman–Crippen MR) is 157 cm³/mol. The van der Waals surface area contributed by atoms with Crippen LogP contribution in [0.15, 0.2) is 35.3 Å². The van der Waals surface area contributed by atoms with Gasteiger partial charge in [-0.05, 0) is 51.8 Å². The van der Waals surface area contributed by atoms with Gasteiger partial charge in [0.2, 0.25) is 0 Å². The van der Waals surface area contributed by atoms with Crippen molar-refractivity contribution >= 4 is 39.9 Å². The number of rotatable bonds is 6. The van der Waals surface area contributed by atoms with E-state index in [1.54, 1.807) is 18.2 Å². The fraction of sp³-hybridized carbons (Fsp3) is 0.517. The van der Waals surface area contributed by atoms with E-state index in [9.17, 15) is 9.59 Å². The number of piperazine rings is 1. The molecule has 214 valence electrons. The highest BCUT2D eigenvalue weighted by Crippen LogP contribution is 2.34. The van der Waals surface area contributed by atoms with Gasteiger partial charge >= 0.3 is 6.09 Å². The molecule has 1 aliphatic carbocycles. The fourth-order valence-corrected chi connectivity index (χ4v) is 5.32. The normalized spacial score (nSPS) is 16.6. The lowest BCUT2D eigenvalue weighted by atomic mass is 9.95. The second kappa shape index (κ2) is 11.6. The molecule has 5 rings (SSSR count). The molecule has 0 unspecified atom stereocenters. The third-order valence-electron chi connectivity index (χ3n) is 7.34. The monoisotopic (exact) mass is 549 g/mol. The molecule has 11 heteroatoms.